The van der Waals surface area contributed by atoms with Crippen molar-refractivity contribution in [3.63, 3.8) is 0 Å². The second-order valence-electron chi connectivity index (χ2n) is 14.9. The van der Waals surface area contributed by atoms with E-state index in [1.54, 1.807) is 97.7 Å². The van der Waals surface area contributed by atoms with Crippen LogP contribution in [0.15, 0.2) is 161 Å². The zero-order chi connectivity index (χ0) is 49.6. The number of sulfonamides is 2. The predicted octanol–water partition coefficient (Wildman–Crippen LogP) is 7.82. The number of nitrogens with two attached hydrogens (primary N) is 1. The summed E-state index contributed by atoms with van der Waals surface area (Å²) in [4.78, 5) is 41.9. The van der Waals surface area contributed by atoms with Gasteiger partial charge >= 0.3 is 12.1 Å². The van der Waals surface area contributed by atoms with Crippen molar-refractivity contribution in [1.29, 1.82) is 0 Å². The van der Waals surface area contributed by atoms with Crippen LogP contribution < -0.4 is 31.1 Å². The fourth-order valence-corrected chi connectivity index (χ4v) is 7.79. The molecular formula is C44H45BrN16O6S2. The average Bonchev–Trinajstić information content (AvgIpc) is 4.02. The molecule has 69 heavy (non-hydrogen) atoms. The fourth-order valence-electron chi connectivity index (χ4n) is 5.85. The third kappa shape index (κ3) is 14.7. The molecule has 0 atom stereocenters. The van der Waals surface area contributed by atoms with Gasteiger partial charge in [-0.3, -0.25) is 26.0 Å². The highest BCUT2D eigenvalue weighted by Crippen LogP contribution is 2.23. The lowest BCUT2D eigenvalue weighted by Crippen LogP contribution is -2.21. The quantitative estimate of drug-likeness (QED) is 0.0680. The van der Waals surface area contributed by atoms with E-state index in [2.05, 4.69) is 82.2 Å². The van der Waals surface area contributed by atoms with Crippen LogP contribution in [-0.2, 0) is 20.0 Å². The summed E-state index contributed by atoms with van der Waals surface area (Å²) >= 11 is 3.33. The molecule has 6 aromatic heterocycles. The van der Waals surface area contributed by atoms with E-state index in [-0.39, 0.29) is 33.4 Å². The van der Waals surface area contributed by atoms with Gasteiger partial charge in [0.05, 0.1) is 15.5 Å². The van der Waals surface area contributed by atoms with Crippen LogP contribution in [0.1, 0.15) is 39.8 Å². The first-order valence-electron chi connectivity index (χ1n) is 20.6. The third-order valence-electron chi connectivity index (χ3n) is 9.04. The normalized spacial score (nSPS) is 11.1. The highest BCUT2D eigenvalue weighted by Gasteiger charge is 2.17. The Balaban J connectivity index is 0.000000195. The van der Waals surface area contributed by atoms with E-state index in [0.29, 0.717) is 40.5 Å². The molecule has 0 aliphatic heterocycles. The summed E-state index contributed by atoms with van der Waals surface area (Å²) in [6, 6.07) is 32.0. The molecule has 356 valence electrons. The van der Waals surface area contributed by atoms with Gasteiger partial charge in [-0.05, 0) is 94.4 Å². The molecule has 0 unspecified atom stereocenters. The minimum atomic E-state index is -3.77. The van der Waals surface area contributed by atoms with Crippen molar-refractivity contribution < 1.29 is 26.4 Å². The maximum absolute atomic E-state index is 12.5. The molecule has 0 fully saturated rings. The fraction of sp³-hybridized carbons (Fsp3) is 0.136. The standard InChI is InChI=1S/C22H22N8O3S.C16H16BrN7O.C6H7NO2S/c1-15(2)30-14-24-28-21(30)18-9-6-10-19(25-18)26-22(31)27-20-13-16(11-12-23-20)29-34(32,33)17-7-4-3-5-8-17;1-10(2)24-9-19-23-15(24)12-4-3-5-13(20-12)21-16(25)22-14-8-11(17)6-7-18-14;7-10(8,9)6-4-2-1-3-5-6/h3-15H,1-2H3,(H3,23,25,26,27,29,31);3-10H,1-2H3,(H2,18,20,21,22,25);1-5H,(H2,7,8,9). The average molecular weight is 1040 g/mol. The number of hydrogen-bond acceptors (Lipinski definition) is 14. The van der Waals surface area contributed by atoms with Crippen molar-refractivity contribution in [1.82, 2.24) is 49.5 Å². The van der Waals surface area contributed by atoms with Gasteiger partial charge in [-0.25, -0.2) is 51.5 Å². The molecule has 0 aliphatic rings. The zero-order valence-corrected chi connectivity index (χ0v) is 40.4. The zero-order valence-electron chi connectivity index (χ0n) is 37.2. The van der Waals surface area contributed by atoms with Crippen molar-refractivity contribution in [2.24, 2.45) is 5.14 Å². The third-order valence-corrected chi connectivity index (χ3v) is 11.9. The van der Waals surface area contributed by atoms with Gasteiger partial charge in [0.15, 0.2) is 11.6 Å². The van der Waals surface area contributed by atoms with Gasteiger partial charge in [-0.1, -0.05) is 64.5 Å². The summed E-state index contributed by atoms with van der Waals surface area (Å²) < 4.78 is 53.3. The number of carbonyl (C=O) groups is 2. The SMILES string of the molecule is CC(C)n1cnnc1-c1cccc(NC(=O)Nc2cc(Br)ccn2)n1.CC(C)n1cnnc1-c1cccc(NC(=O)Nc2cc(NS(=O)(=O)c3ccccc3)ccn2)n1.NS(=O)(=O)c1ccccc1. The smallest absolute Gasteiger partial charge is 0.310 e. The Labute approximate surface area is 405 Å². The molecule has 0 radical (unpaired) electrons. The number of amides is 4. The van der Waals surface area contributed by atoms with E-state index >= 15 is 0 Å². The van der Waals surface area contributed by atoms with Gasteiger partial charge in [-0.2, -0.15) is 0 Å². The number of urea groups is 2. The lowest BCUT2D eigenvalue weighted by atomic mass is 10.3. The Morgan fingerprint density at radius 3 is 1.46 bits per heavy atom. The number of carbonyl (C=O) groups excluding carboxylic acids is 2. The van der Waals surface area contributed by atoms with Crippen molar-refractivity contribution >= 4 is 77.0 Å². The second kappa shape index (κ2) is 23.1. The predicted molar refractivity (Wildman–Crippen MR) is 264 cm³/mol. The molecule has 0 saturated heterocycles. The van der Waals surface area contributed by atoms with Crippen LogP contribution in [0.25, 0.3) is 23.0 Å². The highest BCUT2D eigenvalue weighted by molar-refractivity contribution is 9.10. The molecule has 25 heteroatoms. The monoisotopic (exact) mass is 1040 g/mol. The van der Waals surface area contributed by atoms with Crippen molar-refractivity contribution in [3.8, 4) is 23.0 Å². The van der Waals surface area contributed by atoms with Crippen LogP contribution in [-0.4, -0.2) is 78.4 Å². The summed E-state index contributed by atoms with van der Waals surface area (Å²) in [5.74, 6) is 2.52. The van der Waals surface area contributed by atoms with Crippen LogP contribution in [0.2, 0.25) is 0 Å². The molecule has 0 saturated carbocycles. The van der Waals surface area contributed by atoms with E-state index < -0.39 is 32.1 Å². The first-order valence-corrected chi connectivity index (χ1v) is 24.4. The number of anilines is 5. The summed E-state index contributed by atoms with van der Waals surface area (Å²) in [5.41, 5.74) is 1.44. The molecule has 22 nitrogen and oxygen atoms in total. The van der Waals surface area contributed by atoms with Crippen molar-refractivity contribution in [2.45, 2.75) is 49.6 Å². The van der Waals surface area contributed by atoms with Crippen LogP contribution in [0.5, 0.6) is 0 Å². The number of pyridine rings is 4. The number of halogens is 1. The molecule has 2 aromatic carbocycles. The number of hydrogen-bond donors (Lipinski definition) is 6. The molecular weight excluding hydrogens is 993 g/mol. The minimum Gasteiger partial charge on any atom is -0.310 e. The van der Waals surface area contributed by atoms with E-state index in [4.69, 9.17) is 5.14 Å². The molecule has 0 spiro atoms. The number of nitrogens with one attached hydrogen (secondary N) is 5. The van der Waals surface area contributed by atoms with Gasteiger partial charge in [0, 0.05) is 35.0 Å². The molecule has 6 heterocycles. The van der Waals surface area contributed by atoms with Crippen LogP contribution in [0, 0.1) is 0 Å². The molecule has 8 rings (SSSR count). The van der Waals surface area contributed by atoms with E-state index in [1.165, 1.54) is 42.6 Å². The molecule has 0 aliphatic carbocycles. The Hall–Kier alpha value is -8.00. The second-order valence-corrected chi connectivity index (χ2v) is 19.0. The minimum absolute atomic E-state index is 0.123. The number of aromatic nitrogens is 10. The first-order chi connectivity index (χ1) is 32.9. The van der Waals surface area contributed by atoms with Gasteiger partial charge in [-0.15, -0.1) is 20.4 Å². The number of rotatable bonds is 12. The Kier molecular flexibility index (Phi) is 16.9. The van der Waals surface area contributed by atoms with E-state index in [0.717, 1.165) is 4.47 Å². The lowest BCUT2D eigenvalue weighted by molar-refractivity contribution is 0.261. The van der Waals surface area contributed by atoms with Gasteiger partial charge in [0.1, 0.15) is 47.3 Å². The van der Waals surface area contributed by atoms with Crippen LogP contribution in [0.3, 0.4) is 0 Å². The maximum atomic E-state index is 12.5. The van der Waals surface area contributed by atoms with Gasteiger partial charge < -0.3 is 9.13 Å². The van der Waals surface area contributed by atoms with Crippen LogP contribution >= 0.6 is 15.9 Å². The largest absolute Gasteiger partial charge is 0.326 e. The summed E-state index contributed by atoms with van der Waals surface area (Å²) in [7, 11) is -7.28. The van der Waals surface area contributed by atoms with E-state index in [1.807, 2.05) is 42.9 Å². The highest BCUT2D eigenvalue weighted by atomic mass is 79.9. The topological polar surface area (TPSA) is 302 Å². The number of benzene rings is 2. The van der Waals surface area contributed by atoms with Crippen molar-refractivity contribution in [2.75, 3.05) is 26.0 Å². The van der Waals surface area contributed by atoms with Crippen molar-refractivity contribution in [3.05, 3.63) is 151 Å². The maximum Gasteiger partial charge on any atom is 0.326 e. The molecule has 7 N–H and O–H groups in total. The molecule has 8 aromatic rings. The van der Waals surface area contributed by atoms with E-state index in [9.17, 15) is 26.4 Å². The Morgan fingerprint density at radius 2 is 1.01 bits per heavy atom. The first kappa shape index (κ1) is 50.4. The summed E-state index contributed by atoms with van der Waals surface area (Å²) in [6.07, 6.45) is 6.26. The van der Waals surface area contributed by atoms with Gasteiger partial charge in [0.2, 0.25) is 10.0 Å². The molecule has 0 bridgehead atoms. The van der Waals surface area contributed by atoms with Gasteiger partial charge in [0.25, 0.3) is 10.0 Å². The summed E-state index contributed by atoms with van der Waals surface area (Å²) in [5, 5.41) is 31.5. The molecule has 4 amide bonds. The summed E-state index contributed by atoms with van der Waals surface area (Å²) in [6.45, 7) is 8.08. The Bertz CT molecular complexity index is 3230. The Morgan fingerprint density at radius 1 is 0.565 bits per heavy atom. The lowest BCUT2D eigenvalue weighted by Gasteiger charge is -2.11. The van der Waals surface area contributed by atoms with Crippen LogP contribution in [0.4, 0.5) is 38.5 Å². The number of nitrogens with zero attached hydrogens (tertiary/aromatic N) is 10. The number of primary sulfonamides is 1.